The lowest BCUT2D eigenvalue weighted by atomic mass is 10.1. The minimum Gasteiger partial charge on any atom is -0.507 e. The molecular formula is C23H16FN3O3S. The molecule has 1 fully saturated rings. The van der Waals surface area contributed by atoms with Gasteiger partial charge in [0.2, 0.25) is 0 Å². The van der Waals surface area contributed by atoms with Gasteiger partial charge in [-0.3, -0.25) is 14.5 Å². The lowest BCUT2D eigenvalue weighted by Crippen LogP contribution is -2.27. The second kappa shape index (κ2) is 8.93. The molecule has 154 valence electrons. The zero-order chi connectivity index (χ0) is 21.8. The lowest BCUT2D eigenvalue weighted by Gasteiger charge is -2.12. The van der Waals surface area contributed by atoms with Crippen molar-refractivity contribution in [1.82, 2.24) is 4.90 Å². The van der Waals surface area contributed by atoms with Crippen LogP contribution < -0.4 is 0 Å². The molecule has 0 saturated carbocycles. The smallest absolute Gasteiger partial charge is 0.293 e. The van der Waals surface area contributed by atoms with Crippen molar-refractivity contribution in [2.75, 3.05) is 0 Å². The van der Waals surface area contributed by atoms with Crippen LogP contribution >= 0.6 is 11.8 Å². The molecule has 6 nitrogen and oxygen atoms in total. The average Bonchev–Trinajstić information content (AvgIpc) is 3.04. The maximum absolute atomic E-state index is 13.9. The van der Waals surface area contributed by atoms with Crippen molar-refractivity contribution in [3.8, 4) is 5.75 Å². The summed E-state index contributed by atoms with van der Waals surface area (Å²) in [7, 11) is 0. The van der Waals surface area contributed by atoms with Gasteiger partial charge < -0.3 is 5.11 Å². The van der Waals surface area contributed by atoms with Gasteiger partial charge in [-0.15, -0.1) is 0 Å². The Morgan fingerprint density at radius 3 is 2.42 bits per heavy atom. The van der Waals surface area contributed by atoms with Crippen molar-refractivity contribution in [2.24, 2.45) is 10.2 Å². The molecule has 31 heavy (non-hydrogen) atoms. The molecule has 2 amide bonds. The first-order valence-electron chi connectivity index (χ1n) is 9.30. The van der Waals surface area contributed by atoms with E-state index in [9.17, 15) is 19.1 Å². The van der Waals surface area contributed by atoms with Gasteiger partial charge in [-0.25, -0.2) is 4.39 Å². The summed E-state index contributed by atoms with van der Waals surface area (Å²) in [5.41, 5.74) is 1.71. The molecule has 0 aromatic heterocycles. The van der Waals surface area contributed by atoms with Gasteiger partial charge in [0.1, 0.15) is 11.6 Å². The van der Waals surface area contributed by atoms with Gasteiger partial charge in [0.25, 0.3) is 11.1 Å². The van der Waals surface area contributed by atoms with E-state index >= 15 is 0 Å². The summed E-state index contributed by atoms with van der Waals surface area (Å²) in [6.45, 7) is -0.161. The van der Waals surface area contributed by atoms with E-state index in [0.717, 1.165) is 16.7 Å². The Morgan fingerprint density at radius 1 is 0.935 bits per heavy atom. The minimum atomic E-state index is -0.547. The van der Waals surface area contributed by atoms with Gasteiger partial charge in [-0.1, -0.05) is 36.4 Å². The van der Waals surface area contributed by atoms with E-state index in [4.69, 9.17) is 0 Å². The number of rotatable bonds is 5. The summed E-state index contributed by atoms with van der Waals surface area (Å²) in [4.78, 5) is 26.1. The van der Waals surface area contributed by atoms with Crippen molar-refractivity contribution in [1.29, 1.82) is 0 Å². The van der Waals surface area contributed by atoms with Crippen molar-refractivity contribution >= 4 is 40.4 Å². The number of carbonyl (C=O) groups is 2. The Morgan fingerprint density at radius 2 is 1.65 bits per heavy atom. The van der Waals surface area contributed by atoms with E-state index in [-0.39, 0.29) is 22.8 Å². The van der Waals surface area contributed by atoms with Gasteiger partial charge in [0.15, 0.2) is 0 Å². The van der Waals surface area contributed by atoms with Crippen LogP contribution in [0, 0.1) is 5.82 Å². The molecule has 1 N–H and O–H groups in total. The first kappa shape index (κ1) is 20.5. The third kappa shape index (κ3) is 4.70. The maximum atomic E-state index is 13.9. The van der Waals surface area contributed by atoms with E-state index < -0.39 is 17.0 Å². The van der Waals surface area contributed by atoms with E-state index in [2.05, 4.69) is 10.2 Å². The fourth-order valence-corrected chi connectivity index (χ4v) is 3.73. The highest BCUT2D eigenvalue weighted by Gasteiger charge is 2.35. The molecule has 1 aliphatic heterocycles. The molecule has 0 atom stereocenters. The highest BCUT2D eigenvalue weighted by Crippen LogP contribution is 2.36. The number of imide groups is 1. The molecule has 0 bridgehead atoms. The largest absolute Gasteiger partial charge is 0.507 e. The van der Waals surface area contributed by atoms with Crippen LogP contribution in [0.15, 0.2) is 87.9 Å². The number of thioether (sulfide) groups is 1. The predicted molar refractivity (Wildman–Crippen MR) is 117 cm³/mol. The van der Waals surface area contributed by atoms with E-state index in [1.807, 2.05) is 18.2 Å². The first-order chi connectivity index (χ1) is 15.0. The number of nitrogens with zero attached hydrogens (tertiary/aromatic N) is 3. The fraction of sp³-hybridized carbons (Fsp3) is 0.0435. The summed E-state index contributed by atoms with van der Waals surface area (Å²) < 4.78 is 13.9. The number of azo groups is 1. The predicted octanol–water partition coefficient (Wildman–Crippen LogP) is 6.18. The highest BCUT2D eigenvalue weighted by molar-refractivity contribution is 8.18. The molecule has 3 aromatic rings. The van der Waals surface area contributed by atoms with E-state index in [0.29, 0.717) is 16.9 Å². The van der Waals surface area contributed by atoms with Crippen LogP contribution in [-0.2, 0) is 11.3 Å². The number of carbonyl (C=O) groups excluding carboxylic acids is 2. The highest BCUT2D eigenvalue weighted by atomic mass is 32.2. The molecule has 0 radical (unpaired) electrons. The van der Waals surface area contributed by atoms with Gasteiger partial charge in [0, 0.05) is 11.1 Å². The van der Waals surface area contributed by atoms with Crippen LogP contribution in [0.2, 0.25) is 0 Å². The Balaban J connectivity index is 1.57. The number of hydrogen-bond acceptors (Lipinski definition) is 6. The standard InChI is InChI=1S/C23H16FN3O3S/c24-19-9-5-4-6-15(19)14-27-22(29)21(31-23(27)30)13-16-12-18(10-11-20(16)28)26-25-17-7-2-1-3-8-17/h1-13,28H,14H2/b21-13-,26-25?. The third-order valence-electron chi connectivity index (χ3n) is 4.49. The number of phenolic OH excluding ortho intramolecular Hbond substituents is 1. The molecule has 1 heterocycles. The van der Waals surface area contributed by atoms with E-state index in [1.54, 1.807) is 30.3 Å². The number of benzene rings is 3. The molecule has 3 aromatic carbocycles. The minimum absolute atomic E-state index is 0.0698. The van der Waals surface area contributed by atoms with Crippen LogP contribution in [-0.4, -0.2) is 21.2 Å². The summed E-state index contributed by atoms with van der Waals surface area (Å²) in [5.74, 6) is -1.10. The zero-order valence-electron chi connectivity index (χ0n) is 16.1. The molecule has 0 unspecified atom stereocenters. The Labute approximate surface area is 181 Å². The Bertz CT molecular complexity index is 1210. The molecule has 4 rings (SSSR count). The van der Waals surface area contributed by atoms with Gasteiger partial charge >= 0.3 is 0 Å². The van der Waals surface area contributed by atoms with Crippen molar-refractivity contribution in [3.63, 3.8) is 0 Å². The summed E-state index contributed by atoms with van der Waals surface area (Å²) in [5, 5.41) is 18.0. The maximum Gasteiger partial charge on any atom is 0.293 e. The number of halogens is 1. The molecule has 0 aliphatic carbocycles. The van der Waals surface area contributed by atoms with E-state index in [1.165, 1.54) is 30.3 Å². The van der Waals surface area contributed by atoms with Crippen molar-refractivity contribution in [3.05, 3.63) is 94.6 Å². The monoisotopic (exact) mass is 433 g/mol. The number of aromatic hydroxyl groups is 1. The molecular weight excluding hydrogens is 417 g/mol. The zero-order valence-corrected chi connectivity index (χ0v) is 16.9. The molecule has 0 spiro atoms. The molecule has 8 heteroatoms. The van der Waals surface area contributed by atoms with Crippen molar-refractivity contribution < 1.29 is 19.1 Å². The summed E-state index contributed by atoms with van der Waals surface area (Å²) in [6, 6.07) is 19.7. The van der Waals surface area contributed by atoms with Gasteiger partial charge in [0.05, 0.1) is 22.8 Å². The molecule has 1 saturated heterocycles. The second-order valence-corrected chi connectivity index (χ2v) is 7.63. The Kier molecular flexibility index (Phi) is 5.90. The van der Waals surface area contributed by atoms with Crippen LogP contribution in [0.1, 0.15) is 11.1 Å². The average molecular weight is 433 g/mol. The van der Waals surface area contributed by atoms with Gasteiger partial charge in [-0.2, -0.15) is 10.2 Å². The third-order valence-corrected chi connectivity index (χ3v) is 5.40. The topological polar surface area (TPSA) is 82.3 Å². The summed E-state index contributed by atoms with van der Waals surface area (Å²) >= 11 is 0.737. The summed E-state index contributed by atoms with van der Waals surface area (Å²) in [6.07, 6.45) is 1.42. The fourth-order valence-electron chi connectivity index (χ4n) is 2.90. The van der Waals surface area contributed by atoms with Crippen LogP contribution in [0.25, 0.3) is 6.08 Å². The SMILES string of the molecule is O=C1S/C(=C\c2cc(N=Nc3ccccc3)ccc2O)C(=O)N1Cc1ccccc1F. The number of phenols is 1. The van der Waals surface area contributed by atoms with Crippen LogP contribution in [0.5, 0.6) is 5.75 Å². The number of hydrogen-bond donors (Lipinski definition) is 1. The lowest BCUT2D eigenvalue weighted by molar-refractivity contribution is -0.123. The quantitative estimate of drug-likeness (QED) is 0.385. The van der Waals surface area contributed by atoms with Gasteiger partial charge in [-0.05, 0) is 54.2 Å². The molecule has 1 aliphatic rings. The number of amides is 2. The van der Waals surface area contributed by atoms with Crippen molar-refractivity contribution in [2.45, 2.75) is 6.54 Å². The second-order valence-electron chi connectivity index (χ2n) is 6.64. The normalized spacial score (nSPS) is 15.4. The first-order valence-corrected chi connectivity index (χ1v) is 10.1. The Hall–Kier alpha value is -3.78. The van der Waals surface area contributed by atoms with Crippen LogP contribution in [0.3, 0.4) is 0 Å². The van der Waals surface area contributed by atoms with Crippen LogP contribution in [0.4, 0.5) is 20.6 Å².